The Morgan fingerprint density at radius 3 is 1.86 bits per heavy atom. The van der Waals surface area contributed by atoms with E-state index < -0.39 is 0 Å². The number of benzene rings is 1. The smallest absolute Gasteiger partial charge is 0.0594 e. The number of morpholine rings is 1. The predicted octanol–water partition coefficient (Wildman–Crippen LogP) is 5.27. The van der Waals surface area contributed by atoms with Gasteiger partial charge >= 0.3 is 0 Å². The number of hydrogen-bond acceptors (Lipinski definition) is 2. The van der Waals surface area contributed by atoms with Gasteiger partial charge in [-0.3, -0.25) is 4.90 Å². The zero-order valence-corrected chi connectivity index (χ0v) is 15.5. The van der Waals surface area contributed by atoms with Crippen LogP contribution in [0.1, 0.15) is 55.0 Å². The maximum Gasteiger partial charge on any atom is 0.0594 e. The van der Waals surface area contributed by atoms with Crippen molar-refractivity contribution in [2.75, 3.05) is 26.3 Å². The van der Waals surface area contributed by atoms with Gasteiger partial charge in [0.25, 0.3) is 0 Å². The van der Waals surface area contributed by atoms with Crippen molar-refractivity contribution in [2.45, 2.75) is 61.9 Å². The van der Waals surface area contributed by atoms with Crippen LogP contribution in [0.25, 0.3) is 0 Å². The fourth-order valence-electron chi connectivity index (χ4n) is 2.03. The third-order valence-electron chi connectivity index (χ3n) is 3.16. The van der Waals surface area contributed by atoms with Crippen LogP contribution in [0, 0.1) is 0 Å². The van der Waals surface area contributed by atoms with Crippen molar-refractivity contribution in [3.8, 4) is 0 Å². The first kappa shape index (κ1) is 30.2. The summed E-state index contributed by atoms with van der Waals surface area (Å²) in [5.74, 6) is 0. The van der Waals surface area contributed by atoms with Crippen molar-refractivity contribution < 1.29 is 37.4 Å². The van der Waals surface area contributed by atoms with Gasteiger partial charge in [0.15, 0.2) is 0 Å². The van der Waals surface area contributed by atoms with Crippen molar-refractivity contribution in [3.05, 3.63) is 35.9 Å². The Balaban J connectivity index is -0.000000125. The van der Waals surface area contributed by atoms with Gasteiger partial charge in [0.1, 0.15) is 0 Å². The fraction of sp³-hybridized carbons (Fsp3) is 0.684. The first-order chi connectivity index (χ1) is 8.74. The van der Waals surface area contributed by atoms with Crippen LogP contribution in [0.3, 0.4) is 0 Å². The zero-order chi connectivity index (χ0) is 13.2. The molecule has 0 spiro atoms. The number of rotatable bonds is 3. The normalized spacial score (nSPS) is 13.3. The van der Waals surface area contributed by atoms with E-state index in [0.717, 1.165) is 26.3 Å². The molecular formula is C19H39NOY. The molecule has 1 heterocycles. The molecule has 129 valence electrons. The SMILES string of the molecule is C.C.C.CC(C)N1CCOCC1.CCCc1ccccc1.[Y]. The minimum absolute atomic E-state index is 0. The monoisotopic (exact) mass is 386 g/mol. The summed E-state index contributed by atoms with van der Waals surface area (Å²) in [6, 6.07) is 11.3. The first-order valence-corrected chi connectivity index (χ1v) is 7.09. The summed E-state index contributed by atoms with van der Waals surface area (Å²) in [5.41, 5.74) is 1.44. The van der Waals surface area contributed by atoms with Gasteiger partial charge in [-0.2, -0.15) is 0 Å². The molecule has 1 aliphatic rings. The van der Waals surface area contributed by atoms with E-state index in [0.29, 0.717) is 6.04 Å². The number of aryl methyl sites for hydroxylation is 1. The largest absolute Gasteiger partial charge is 0.379 e. The topological polar surface area (TPSA) is 12.5 Å². The molecule has 1 fully saturated rings. The first-order valence-electron chi connectivity index (χ1n) is 7.09. The number of ether oxygens (including phenoxy) is 1. The van der Waals surface area contributed by atoms with Gasteiger partial charge in [0.05, 0.1) is 13.2 Å². The molecule has 3 heteroatoms. The van der Waals surface area contributed by atoms with E-state index in [1.807, 2.05) is 0 Å². The Bertz CT molecular complexity index is 298. The Morgan fingerprint density at radius 2 is 1.50 bits per heavy atom. The second-order valence-corrected chi connectivity index (χ2v) is 4.98. The second kappa shape index (κ2) is 19.3. The Kier molecular flexibility index (Phi) is 26.4. The molecule has 22 heavy (non-hydrogen) atoms. The molecule has 0 aromatic heterocycles. The average Bonchev–Trinajstić information content (AvgIpc) is 2.42. The molecule has 1 radical (unpaired) electrons. The molecule has 0 bridgehead atoms. The van der Waals surface area contributed by atoms with Crippen molar-refractivity contribution in [3.63, 3.8) is 0 Å². The molecule has 1 aromatic carbocycles. The average molecular weight is 386 g/mol. The molecule has 0 saturated carbocycles. The Morgan fingerprint density at radius 1 is 1.00 bits per heavy atom. The Labute approximate surface area is 165 Å². The molecule has 0 atom stereocenters. The van der Waals surface area contributed by atoms with Crippen LogP contribution < -0.4 is 0 Å². The van der Waals surface area contributed by atoms with Gasteiger partial charge in [-0.1, -0.05) is 66.0 Å². The summed E-state index contributed by atoms with van der Waals surface area (Å²) < 4.78 is 5.21. The summed E-state index contributed by atoms with van der Waals surface area (Å²) in [4.78, 5) is 2.43. The molecule has 0 unspecified atom stereocenters. The molecule has 1 aromatic rings. The Hall–Kier alpha value is 0.244. The summed E-state index contributed by atoms with van der Waals surface area (Å²) in [7, 11) is 0. The van der Waals surface area contributed by atoms with Gasteiger partial charge in [-0.15, -0.1) is 0 Å². The summed E-state index contributed by atoms with van der Waals surface area (Å²) >= 11 is 0. The minimum Gasteiger partial charge on any atom is -0.379 e. The molecular weight excluding hydrogens is 347 g/mol. The van der Waals surface area contributed by atoms with Crippen LogP contribution >= 0.6 is 0 Å². The van der Waals surface area contributed by atoms with Crippen molar-refractivity contribution in [2.24, 2.45) is 0 Å². The van der Waals surface area contributed by atoms with Gasteiger partial charge in [-0.05, 0) is 25.8 Å². The van der Waals surface area contributed by atoms with E-state index >= 15 is 0 Å². The van der Waals surface area contributed by atoms with Crippen molar-refractivity contribution in [1.82, 2.24) is 4.90 Å². The standard InChI is InChI=1S/C9H12.C7H15NO.3CH4.Y/c1-2-6-9-7-4-3-5-8-9;1-7(2)8-3-5-9-6-4-8;;;;/h3-5,7-8H,2,6H2,1H3;7H,3-6H2,1-2H3;3*1H4;. The minimum atomic E-state index is 0. The molecule has 2 rings (SSSR count). The second-order valence-electron chi connectivity index (χ2n) is 4.98. The number of hydrogen-bond donors (Lipinski definition) is 0. The predicted molar refractivity (Wildman–Crippen MR) is 98.2 cm³/mol. The molecule has 0 amide bonds. The number of nitrogens with zero attached hydrogens (tertiary/aromatic N) is 1. The van der Waals surface area contributed by atoms with Crippen LogP contribution in [0.5, 0.6) is 0 Å². The summed E-state index contributed by atoms with van der Waals surface area (Å²) in [5, 5.41) is 0. The zero-order valence-electron chi connectivity index (χ0n) is 12.6. The maximum atomic E-state index is 5.21. The maximum absolute atomic E-state index is 5.21. The summed E-state index contributed by atoms with van der Waals surface area (Å²) in [6.07, 6.45) is 2.45. The van der Waals surface area contributed by atoms with Gasteiger partial charge < -0.3 is 4.74 Å². The van der Waals surface area contributed by atoms with E-state index in [1.54, 1.807) is 0 Å². The van der Waals surface area contributed by atoms with Gasteiger partial charge in [0, 0.05) is 51.8 Å². The molecule has 0 N–H and O–H groups in total. The quantitative estimate of drug-likeness (QED) is 0.702. The third kappa shape index (κ3) is 13.9. The van der Waals surface area contributed by atoms with Crippen molar-refractivity contribution >= 4 is 0 Å². The van der Waals surface area contributed by atoms with E-state index in [-0.39, 0.29) is 55.0 Å². The molecule has 0 aliphatic carbocycles. The van der Waals surface area contributed by atoms with Crippen LogP contribution in [0.4, 0.5) is 0 Å². The molecule has 1 saturated heterocycles. The van der Waals surface area contributed by atoms with Crippen LogP contribution in [-0.4, -0.2) is 37.2 Å². The van der Waals surface area contributed by atoms with Crippen LogP contribution in [0.15, 0.2) is 30.3 Å². The fourth-order valence-corrected chi connectivity index (χ4v) is 2.03. The van der Waals surface area contributed by atoms with E-state index in [1.165, 1.54) is 18.4 Å². The summed E-state index contributed by atoms with van der Waals surface area (Å²) in [6.45, 7) is 10.7. The van der Waals surface area contributed by atoms with Crippen LogP contribution in [0.2, 0.25) is 0 Å². The third-order valence-corrected chi connectivity index (χ3v) is 3.16. The van der Waals surface area contributed by atoms with Gasteiger partial charge in [-0.25, -0.2) is 0 Å². The molecule has 1 aliphatic heterocycles. The van der Waals surface area contributed by atoms with Crippen molar-refractivity contribution in [1.29, 1.82) is 0 Å². The van der Waals surface area contributed by atoms with E-state index in [9.17, 15) is 0 Å². The van der Waals surface area contributed by atoms with Crippen LogP contribution in [-0.2, 0) is 43.9 Å². The molecule has 2 nitrogen and oxygen atoms in total. The van der Waals surface area contributed by atoms with Gasteiger partial charge in [0.2, 0.25) is 0 Å². The van der Waals surface area contributed by atoms with E-state index in [4.69, 9.17) is 4.74 Å². The van der Waals surface area contributed by atoms with E-state index in [2.05, 4.69) is 56.0 Å².